The Balaban J connectivity index is 1.82. The minimum Gasteiger partial charge on any atom is -0.334 e. The summed E-state index contributed by atoms with van der Waals surface area (Å²) < 4.78 is 0. The molecular formula is C17H19N3O. The highest BCUT2D eigenvalue weighted by Crippen LogP contribution is 2.22. The van der Waals surface area contributed by atoms with E-state index in [9.17, 15) is 4.79 Å². The number of nitrogen functional groups attached to an aromatic ring is 1. The number of fused-ring (bicyclic) bond motifs is 1. The summed E-state index contributed by atoms with van der Waals surface area (Å²) in [4.78, 5) is 14.5. The zero-order chi connectivity index (χ0) is 14.8. The average molecular weight is 281 g/mol. The summed E-state index contributed by atoms with van der Waals surface area (Å²) in [5, 5.41) is 0. The van der Waals surface area contributed by atoms with E-state index in [1.807, 2.05) is 36.1 Å². The van der Waals surface area contributed by atoms with Gasteiger partial charge in [0.1, 0.15) is 0 Å². The Morgan fingerprint density at radius 2 is 1.95 bits per heavy atom. The van der Waals surface area contributed by atoms with Crippen LogP contribution in [0.15, 0.2) is 42.5 Å². The number of carbonyl (C=O) groups excluding carboxylic acids is 1. The largest absolute Gasteiger partial charge is 0.334 e. The number of aryl methyl sites for hydroxylation is 1. The molecule has 0 saturated heterocycles. The van der Waals surface area contributed by atoms with Crippen LogP contribution >= 0.6 is 0 Å². The number of nitrogens with zero attached hydrogens (tertiary/aromatic N) is 1. The van der Waals surface area contributed by atoms with E-state index in [4.69, 9.17) is 5.84 Å². The number of anilines is 1. The molecule has 1 heterocycles. The van der Waals surface area contributed by atoms with Crippen LogP contribution in [0.3, 0.4) is 0 Å². The molecule has 0 unspecified atom stereocenters. The van der Waals surface area contributed by atoms with E-state index in [0.29, 0.717) is 12.1 Å². The summed E-state index contributed by atoms with van der Waals surface area (Å²) in [6.45, 7) is 3.40. The Bertz CT molecular complexity index is 681. The maximum atomic E-state index is 12.6. The number of rotatable bonds is 2. The second kappa shape index (κ2) is 5.58. The normalized spacial score (nSPS) is 13.7. The second-order valence-corrected chi connectivity index (χ2v) is 5.42. The predicted octanol–water partition coefficient (Wildman–Crippen LogP) is 2.48. The van der Waals surface area contributed by atoms with Crippen LogP contribution < -0.4 is 11.3 Å². The van der Waals surface area contributed by atoms with E-state index < -0.39 is 0 Å². The highest BCUT2D eigenvalue weighted by Gasteiger charge is 2.21. The molecular weight excluding hydrogens is 262 g/mol. The number of amides is 1. The molecule has 0 bridgehead atoms. The lowest BCUT2D eigenvalue weighted by molar-refractivity contribution is 0.0734. The molecule has 3 rings (SSSR count). The zero-order valence-electron chi connectivity index (χ0n) is 12.1. The van der Waals surface area contributed by atoms with Gasteiger partial charge in [-0.05, 0) is 48.2 Å². The van der Waals surface area contributed by atoms with Gasteiger partial charge in [-0.2, -0.15) is 0 Å². The van der Waals surface area contributed by atoms with Gasteiger partial charge in [0.15, 0.2) is 0 Å². The minimum atomic E-state index is 0.0798. The average Bonchev–Trinajstić information content (AvgIpc) is 2.53. The Labute approximate surface area is 124 Å². The third-order valence-electron chi connectivity index (χ3n) is 4.05. The van der Waals surface area contributed by atoms with E-state index in [-0.39, 0.29) is 5.91 Å². The number of hydrogen-bond acceptors (Lipinski definition) is 3. The van der Waals surface area contributed by atoms with Crippen molar-refractivity contribution >= 4 is 11.6 Å². The van der Waals surface area contributed by atoms with E-state index >= 15 is 0 Å². The zero-order valence-corrected chi connectivity index (χ0v) is 12.1. The lowest BCUT2D eigenvalue weighted by atomic mass is 9.99. The Morgan fingerprint density at radius 1 is 1.19 bits per heavy atom. The van der Waals surface area contributed by atoms with Gasteiger partial charge in [0.2, 0.25) is 0 Å². The molecule has 0 aromatic heterocycles. The molecule has 0 aliphatic carbocycles. The Kier molecular flexibility index (Phi) is 3.62. The molecule has 4 nitrogen and oxygen atoms in total. The van der Waals surface area contributed by atoms with Crippen LogP contribution in [0.5, 0.6) is 0 Å². The van der Waals surface area contributed by atoms with Gasteiger partial charge in [-0.1, -0.05) is 24.3 Å². The van der Waals surface area contributed by atoms with Crippen LogP contribution in [0, 0.1) is 6.92 Å². The van der Waals surface area contributed by atoms with Crippen molar-refractivity contribution in [2.24, 2.45) is 5.84 Å². The lowest BCUT2D eigenvalue weighted by Crippen LogP contribution is -2.36. The molecule has 108 valence electrons. The molecule has 2 aromatic carbocycles. The summed E-state index contributed by atoms with van der Waals surface area (Å²) in [5.41, 5.74) is 7.75. The molecule has 1 aliphatic heterocycles. The van der Waals surface area contributed by atoms with Gasteiger partial charge < -0.3 is 10.3 Å². The fourth-order valence-electron chi connectivity index (χ4n) is 2.81. The van der Waals surface area contributed by atoms with Gasteiger partial charge in [0.25, 0.3) is 5.91 Å². The number of hydrogen-bond donors (Lipinski definition) is 2. The first-order chi connectivity index (χ1) is 10.2. The van der Waals surface area contributed by atoms with Crippen LogP contribution in [0.4, 0.5) is 5.69 Å². The molecule has 1 amide bonds. The van der Waals surface area contributed by atoms with Crippen molar-refractivity contribution in [1.29, 1.82) is 0 Å². The molecule has 0 saturated carbocycles. The molecule has 2 aromatic rings. The van der Waals surface area contributed by atoms with Gasteiger partial charge in [-0.25, -0.2) is 0 Å². The summed E-state index contributed by atoms with van der Waals surface area (Å²) >= 11 is 0. The molecule has 0 fully saturated rings. The number of benzene rings is 2. The smallest absolute Gasteiger partial charge is 0.254 e. The van der Waals surface area contributed by atoms with Gasteiger partial charge >= 0.3 is 0 Å². The third-order valence-corrected chi connectivity index (χ3v) is 4.05. The first kappa shape index (κ1) is 13.6. The van der Waals surface area contributed by atoms with Crippen LogP contribution in [-0.2, 0) is 13.0 Å². The summed E-state index contributed by atoms with van der Waals surface area (Å²) in [5.74, 6) is 5.51. The quantitative estimate of drug-likeness (QED) is 0.657. The van der Waals surface area contributed by atoms with Gasteiger partial charge in [0, 0.05) is 18.7 Å². The molecule has 3 N–H and O–H groups in total. The van der Waals surface area contributed by atoms with Crippen LogP contribution in [0.2, 0.25) is 0 Å². The monoisotopic (exact) mass is 281 g/mol. The van der Waals surface area contributed by atoms with Crippen LogP contribution in [-0.4, -0.2) is 17.4 Å². The number of carbonyl (C=O) groups is 1. The molecule has 21 heavy (non-hydrogen) atoms. The van der Waals surface area contributed by atoms with Crippen molar-refractivity contribution in [3.63, 3.8) is 0 Å². The first-order valence-corrected chi connectivity index (χ1v) is 7.12. The Hall–Kier alpha value is -2.33. The molecule has 0 atom stereocenters. The summed E-state index contributed by atoms with van der Waals surface area (Å²) in [6, 6.07) is 13.9. The van der Waals surface area contributed by atoms with Gasteiger partial charge in [-0.15, -0.1) is 0 Å². The van der Waals surface area contributed by atoms with Gasteiger partial charge in [-0.3, -0.25) is 10.6 Å². The molecule has 1 aliphatic rings. The van der Waals surface area contributed by atoms with Gasteiger partial charge in [0.05, 0.1) is 5.69 Å². The van der Waals surface area contributed by atoms with Crippen LogP contribution in [0.1, 0.15) is 27.0 Å². The van der Waals surface area contributed by atoms with E-state index in [2.05, 4.69) is 23.6 Å². The van der Waals surface area contributed by atoms with Crippen molar-refractivity contribution in [3.8, 4) is 0 Å². The maximum absolute atomic E-state index is 12.6. The van der Waals surface area contributed by atoms with Crippen molar-refractivity contribution in [3.05, 3.63) is 64.7 Å². The fraction of sp³-hybridized carbons (Fsp3) is 0.235. The number of nitrogens with two attached hydrogens (primary N) is 1. The molecule has 0 spiro atoms. The minimum absolute atomic E-state index is 0.0798. The van der Waals surface area contributed by atoms with Crippen molar-refractivity contribution in [2.45, 2.75) is 19.9 Å². The molecule has 0 radical (unpaired) electrons. The standard InChI is InChI=1S/C17H19N3O/c1-12-10-14(6-7-16(12)19-18)17(21)20-9-8-13-4-2-3-5-15(13)11-20/h2-7,10,19H,8-9,11,18H2,1H3. The van der Waals surface area contributed by atoms with Crippen LogP contribution in [0.25, 0.3) is 0 Å². The number of nitrogens with one attached hydrogen (secondary N) is 1. The highest BCUT2D eigenvalue weighted by molar-refractivity contribution is 5.95. The lowest BCUT2D eigenvalue weighted by Gasteiger charge is -2.29. The van der Waals surface area contributed by atoms with Crippen molar-refractivity contribution < 1.29 is 4.79 Å². The van der Waals surface area contributed by atoms with Crippen molar-refractivity contribution in [1.82, 2.24) is 4.90 Å². The topological polar surface area (TPSA) is 58.4 Å². The predicted molar refractivity (Wildman–Crippen MR) is 83.9 cm³/mol. The van der Waals surface area contributed by atoms with E-state index in [0.717, 1.165) is 24.2 Å². The molecule has 4 heteroatoms. The third kappa shape index (κ3) is 2.62. The highest BCUT2D eigenvalue weighted by atomic mass is 16.2. The SMILES string of the molecule is Cc1cc(C(=O)N2CCc3ccccc3C2)ccc1NN. The summed E-state index contributed by atoms with van der Waals surface area (Å²) in [6.07, 6.45) is 0.920. The van der Waals surface area contributed by atoms with E-state index in [1.165, 1.54) is 11.1 Å². The van der Waals surface area contributed by atoms with E-state index in [1.54, 1.807) is 0 Å². The van der Waals surface area contributed by atoms with Crippen molar-refractivity contribution in [2.75, 3.05) is 12.0 Å². The fourth-order valence-corrected chi connectivity index (χ4v) is 2.81. The number of hydrazine groups is 1. The Morgan fingerprint density at radius 3 is 2.67 bits per heavy atom. The maximum Gasteiger partial charge on any atom is 0.254 e. The first-order valence-electron chi connectivity index (χ1n) is 7.12. The summed E-state index contributed by atoms with van der Waals surface area (Å²) in [7, 11) is 0. The second-order valence-electron chi connectivity index (χ2n) is 5.42.